The molecular weight excluding hydrogens is 482 g/mol. The monoisotopic (exact) mass is 497 g/mol. The summed E-state index contributed by atoms with van der Waals surface area (Å²) in [5, 5.41) is 2.14. The van der Waals surface area contributed by atoms with Crippen LogP contribution >= 0.6 is 0 Å². The molecule has 5 heteroatoms. The van der Waals surface area contributed by atoms with Gasteiger partial charge in [0.1, 0.15) is 0 Å². The van der Waals surface area contributed by atoms with Crippen molar-refractivity contribution in [2.75, 3.05) is 0 Å². The molecule has 0 saturated carbocycles. The third-order valence-corrected chi connectivity index (χ3v) is 11.9. The molecule has 29 heavy (non-hydrogen) atoms. The van der Waals surface area contributed by atoms with Crippen molar-refractivity contribution in [1.29, 1.82) is 0 Å². The summed E-state index contributed by atoms with van der Waals surface area (Å²) in [6, 6.07) is 31.6. The molecule has 0 amide bonds. The van der Waals surface area contributed by atoms with E-state index in [1.165, 1.54) is 16.6 Å². The van der Waals surface area contributed by atoms with Crippen molar-refractivity contribution in [3.63, 3.8) is 0 Å². The van der Waals surface area contributed by atoms with Gasteiger partial charge in [-0.3, -0.25) is 0 Å². The zero-order valence-corrected chi connectivity index (χ0v) is 19.1. The van der Waals surface area contributed by atoms with E-state index in [4.69, 9.17) is 13.7 Å². The Morgan fingerprint density at radius 1 is 0.655 bits per heavy atom. The Bertz CT molecular complexity index is 1540. The van der Waals surface area contributed by atoms with Gasteiger partial charge >= 0.3 is 179 Å². The fourth-order valence-corrected chi connectivity index (χ4v) is 10.3. The number of nitrogens with zero attached hydrogens (tertiary/aromatic N) is 2. The molecule has 1 radical (unpaired) electrons. The third-order valence-electron chi connectivity index (χ3n) is 4.96. The summed E-state index contributed by atoms with van der Waals surface area (Å²) in [7, 11) is 0. The quantitative estimate of drug-likeness (QED) is 0.345. The Kier molecular flexibility index (Phi) is 4.18. The van der Waals surface area contributed by atoms with Crippen LogP contribution in [0.4, 0.5) is 11.4 Å². The van der Waals surface area contributed by atoms with E-state index < -0.39 is 14.6 Å². The Morgan fingerprint density at radius 3 is 2.34 bits per heavy atom. The summed E-state index contributed by atoms with van der Waals surface area (Å²) in [4.78, 5) is 9.75. The molecule has 0 bridgehead atoms. The van der Waals surface area contributed by atoms with Crippen molar-refractivity contribution >= 4 is 49.9 Å². The van der Waals surface area contributed by atoms with E-state index in [0.29, 0.717) is 0 Å². The second-order valence-electron chi connectivity index (χ2n) is 6.81. The molecule has 137 valence electrons. The number of hydrogen-bond donors (Lipinski definition) is 0. The second kappa shape index (κ2) is 7.02. The summed E-state index contributed by atoms with van der Waals surface area (Å²) in [6.07, 6.45) is 0. The first-order valence-electron chi connectivity index (χ1n) is 9.40. The Morgan fingerprint density at radius 2 is 1.38 bits per heavy atom. The van der Waals surface area contributed by atoms with Crippen molar-refractivity contribution in [1.82, 2.24) is 0 Å². The molecule has 2 heterocycles. The molecule has 0 aliphatic carbocycles. The number of fused-ring (bicyclic) bond motifs is 4. The van der Waals surface area contributed by atoms with Crippen molar-refractivity contribution in [2.24, 2.45) is 9.98 Å². The number of hydrogen-bond acceptors (Lipinski definition) is 3. The summed E-state index contributed by atoms with van der Waals surface area (Å²) in [5.74, 6) is 0.993. The van der Waals surface area contributed by atoms with Crippen LogP contribution in [-0.4, -0.2) is 29.9 Å². The van der Waals surface area contributed by atoms with Gasteiger partial charge in [0.25, 0.3) is 0 Å². The maximum absolute atomic E-state index is 6.87. The van der Waals surface area contributed by atoms with Gasteiger partial charge in [-0.15, -0.1) is 0 Å². The summed E-state index contributed by atoms with van der Waals surface area (Å²) < 4.78 is 12.0. The van der Waals surface area contributed by atoms with Crippen LogP contribution in [0, 0.1) is 7.90 Å². The van der Waals surface area contributed by atoms with Crippen LogP contribution < -0.4 is 23.1 Å². The van der Waals surface area contributed by atoms with Crippen molar-refractivity contribution < 1.29 is 3.73 Å². The van der Waals surface area contributed by atoms with E-state index in [1.54, 1.807) is 0 Å². The van der Waals surface area contributed by atoms with E-state index in [9.17, 15) is 0 Å². The zero-order chi connectivity index (χ0) is 19.2. The number of benzene rings is 4. The minimum atomic E-state index is -1.99. The van der Waals surface area contributed by atoms with Crippen LogP contribution in [0.3, 0.4) is 0 Å². The van der Waals surface area contributed by atoms with Gasteiger partial charge in [0.2, 0.25) is 0 Å². The normalized spacial score (nSPS) is 14.7. The molecule has 0 saturated heterocycles. The minimum absolute atomic E-state index is 0.156. The van der Waals surface area contributed by atoms with Crippen molar-refractivity contribution in [3.8, 4) is 5.75 Å². The average Bonchev–Trinajstić information content (AvgIpc) is 2.78. The van der Waals surface area contributed by atoms with Crippen LogP contribution in [0.15, 0.2) is 101 Å². The first-order chi connectivity index (χ1) is 14.4. The Hall–Kier alpha value is -2.60. The van der Waals surface area contributed by atoms with Gasteiger partial charge in [-0.1, -0.05) is 0 Å². The predicted molar refractivity (Wildman–Crippen MR) is 116 cm³/mol. The summed E-state index contributed by atoms with van der Waals surface area (Å²) in [5.41, 5.74) is 2.10. The standard InChI is InChI=1S/C24H15As2N2O/c1-4-11-19-16(8-1)25-24-22(27-19)14-7-15-23(24)29-26-17-9-2-5-12-20(17)28-21-13-6-3-10-18(21)26/h1-15H. The molecule has 2 aliphatic rings. The Balaban J connectivity index is 1.58. The molecule has 3 nitrogen and oxygen atoms in total. The van der Waals surface area contributed by atoms with Gasteiger partial charge in [0, 0.05) is 0 Å². The van der Waals surface area contributed by atoms with Gasteiger partial charge in [-0.05, 0) is 0 Å². The second-order valence-corrected chi connectivity index (χ2v) is 12.9. The van der Waals surface area contributed by atoms with Gasteiger partial charge < -0.3 is 0 Å². The third kappa shape index (κ3) is 2.97. The zero-order valence-electron chi connectivity index (χ0n) is 15.4. The van der Waals surface area contributed by atoms with Gasteiger partial charge in [0.15, 0.2) is 0 Å². The van der Waals surface area contributed by atoms with Gasteiger partial charge in [-0.2, -0.15) is 0 Å². The van der Waals surface area contributed by atoms with Crippen LogP contribution in [0.5, 0.6) is 5.75 Å². The molecule has 4 aromatic carbocycles. The van der Waals surface area contributed by atoms with E-state index in [0.717, 1.165) is 27.8 Å². The van der Waals surface area contributed by atoms with E-state index in [2.05, 4.69) is 78.9 Å². The fourth-order valence-electron chi connectivity index (χ4n) is 3.61. The summed E-state index contributed by atoms with van der Waals surface area (Å²) >= 11 is -2.15. The van der Waals surface area contributed by atoms with E-state index >= 15 is 0 Å². The summed E-state index contributed by atoms with van der Waals surface area (Å²) in [6.45, 7) is 0. The molecule has 0 N–H and O–H groups in total. The molecule has 2 aliphatic heterocycles. The molecule has 4 aromatic rings. The average molecular weight is 497 g/mol. The van der Waals surface area contributed by atoms with Gasteiger partial charge in [0.05, 0.1) is 0 Å². The first kappa shape index (κ1) is 17.3. The number of para-hydroxylation sites is 3. The Labute approximate surface area is 178 Å². The van der Waals surface area contributed by atoms with Crippen LogP contribution in [0.1, 0.15) is 0 Å². The van der Waals surface area contributed by atoms with Crippen LogP contribution in [0.25, 0.3) is 0 Å². The van der Waals surface area contributed by atoms with Crippen LogP contribution in [-0.2, 0) is 0 Å². The van der Waals surface area contributed by atoms with Crippen LogP contribution in [0.2, 0.25) is 0 Å². The molecule has 0 fully saturated rings. The van der Waals surface area contributed by atoms with Crippen molar-refractivity contribution in [2.45, 2.75) is 0 Å². The fraction of sp³-hybridized carbons (Fsp3) is 0. The van der Waals surface area contributed by atoms with E-state index in [1.807, 2.05) is 12.1 Å². The molecule has 6 rings (SSSR count). The SMILES string of the molecule is c1ccc2c(c1)N=c1ccccc1=[As]2Oc1cccc2c1[As]=c1ccccc1=N2. The van der Waals surface area contributed by atoms with Gasteiger partial charge in [-0.25, -0.2) is 0 Å². The first-order valence-corrected chi connectivity index (χ1v) is 13.9. The molecule has 0 aromatic heterocycles. The van der Waals surface area contributed by atoms with E-state index in [-0.39, 0.29) is 15.3 Å². The molecule has 0 spiro atoms. The predicted octanol–water partition coefficient (Wildman–Crippen LogP) is 2.31. The number of rotatable bonds is 2. The molecule has 1 unspecified atom stereocenters. The topological polar surface area (TPSA) is 34.0 Å². The molecule has 1 atom stereocenters. The van der Waals surface area contributed by atoms with Crippen molar-refractivity contribution in [3.05, 3.63) is 110 Å². The molecular formula is C24H15As2N2O. The maximum atomic E-state index is 6.87.